The lowest BCUT2D eigenvalue weighted by Gasteiger charge is -2.48. The van der Waals surface area contributed by atoms with E-state index >= 15 is 0 Å². The molecule has 0 spiro atoms. The van der Waals surface area contributed by atoms with Gasteiger partial charge in [0.15, 0.2) is 0 Å². The summed E-state index contributed by atoms with van der Waals surface area (Å²) in [6.07, 6.45) is 6.97. The van der Waals surface area contributed by atoms with Crippen molar-refractivity contribution in [2.45, 2.75) is 201 Å². The fourth-order valence-electron chi connectivity index (χ4n) is 14.6. The van der Waals surface area contributed by atoms with Crippen LogP contribution in [0.15, 0.2) is 95.4 Å². The molecule has 1 aromatic heterocycles. The van der Waals surface area contributed by atoms with E-state index in [0.29, 0.717) is 0 Å². The summed E-state index contributed by atoms with van der Waals surface area (Å²) in [6.45, 7) is 43.6. The molecule has 73 heavy (non-hydrogen) atoms. The van der Waals surface area contributed by atoms with Crippen LogP contribution in [-0.2, 0) is 37.9 Å². The molecule has 0 radical (unpaired) electrons. The number of hydrogen-bond donors (Lipinski definition) is 0. The van der Waals surface area contributed by atoms with E-state index in [1.54, 1.807) is 0 Å². The molecule has 12 rings (SSSR count). The molecule has 0 bridgehead atoms. The minimum atomic E-state index is -0.135. The molecule has 5 aliphatic rings. The first-order valence-electron chi connectivity index (χ1n) is 27.9. The van der Waals surface area contributed by atoms with E-state index < -0.39 is 0 Å². The Labute approximate surface area is 439 Å². The minimum absolute atomic E-state index is 0.00688. The summed E-state index contributed by atoms with van der Waals surface area (Å²) in [4.78, 5) is 5.41. The van der Waals surface area contributed by atoms with Crippen molar-refractivity contribution >= 4 is 68.4 Å². The van der Waals surface area contributed by atoms with Crippen LogP contribution < -0.4 is 26.4 Å². The van der Waals surface area contributed by atoms with Crippen molar-refractivity contribution in [1.82, 2.24) is 0 Å². The van der Waals surface area contributed by atoms with E-state index in [9.17, 15) is 0 Å². The summed E-state index contributed by atoms with van der Waals surface area (Å²) in [5, 5.41) is 1.19. The molecule has 0 saturated carbocycles. The molecule has 3 nitrogen and oxygen atoms in total. The van der Waals surface area contributed by atoms with Gasteiger partial charge in [0.25, 0.3) is 6.71 Å². The van der Waals surface area contributed by atoms with Gasteiger partial charge in [0, 0.05) is 33.7 Å². The summed E-state index contributed by atoms with van der Waals surface area (Å²) >= 11 is 0. The van der Waals surface area contributed by atoms with E-state index in [1.807, 2.05) is 0 Å². The van der Waals surface area contributed by atoms with Crippen molar-refractivity contribution in [2.75, 3.05) is 9.80 Å². The van der Waals surface area contributed by atoms with E-state index in [4.69, 9.17) is 4.42 Å². The normalized spacial score (nSPS) is 20.2. The Bertz CT molecular complexity index is 3490. The summed E-state index contributed by atoms with van der Waals surface area (Å²) in [5.41, 5.74) is 29.1. The molecule has 3 aliphatic carbocycles. The van der Waals surface area contributed by atoms with Gasteiger partial charge in [0.1, 0.15) is 5.58 Å². The molecule has 0 saturated heterocycles. The predicted molar refractivity (Wildman–Crippen MR) is 314 cm³/mol. The Morgan fingerprint density at radius 3 is 1.53 bits per heavy atom. The first-order chi connectivity index (χ1) is 34.0. The van der Waals surface area contributed by atoms with Gasteiger partial charge < -0.3 is 14.2 Å². The number of aryl methyl sites for hydroxylation is 3. The smallest absolute Gasteiger partial charge is 0.297 e. The second-order valence-corrected chi connectivity index (χ2v) is 28.8. The van der Waals surface area contributed by atoms with Crippen LogP contribution in [0.2, 0.25) is 0 Å². The van der Waals surface area contributed by atoms with Crippen molar-refractivity contribution in [1.29, 1.82) is 0 Å². The molecular weight excluding hydrogens is 884 g/mol. The van der Waals surface area contributed by atoms with Gasteiger partial charge in [-0.2, -0.15) is 0 Å². The molecule has 7 aromatic rings. The molecule has 3 heterocycles. The van der Waals surface area contributed by atoms with Crippen molar-refractivity contribution in [3.8, 4) is 11.1 Å². The maximum atomic E-state index is 7.60. The fourth-order valence-corrected chi connectivity index (χ4v) is 14.6. The van der Waals surface area contributed by atoms with Gasteiger partial charge in [-0.25, -0.2) is 0 Å². The zero-order valence-corrected chi connectivity index (χ0v) is 47.8. The van der Waals surface area contributed by atoms with Crippen molar-refractivity contribution in [3.63, 3.8) is 0 Å². The maximum absolute atomic E-state index is 7.60. The van der Waals surface area contributed by atoms with E-state index in [-0.39, 0.29) is 44.6 Å². The van der Waals surface area contributed by atoms with Crippen molar-refractivity contribution < 1.29 is 4.42 Å². The first kappa shape index (κ1) is 48.5. The van der Waals surface area contributed by atoms with Gasteiger partial charge in [-0.15, -0.1) is 0 Å². The van der Waals surface area contributed by atoms with Crippen LogP contribution >= 0.6 is 0 Å². The lowest BCUT2D eigenvalue weighted by Crippen LogP contribution is -2.61. The quantitative estimate of drug-likeness (QED) is 0.165. The molecule has 0 N–H and O–H groups in total. The third kappa shape index (κ3) is 7.10. The summed E-state index contributed by atoms with van der Waals surface area (Å²) in [6, 6.07) is 37.1. The number of benzene rings is 6. The van der Waals surface area contributed by atoms with Crippen LogP contribution in [0.1, 0.15) is 198 Å². The van der Waals surface area contributed by atoms with Crippen LogP contribution in [0.3, 0.4) is 0 Å². The van der Waals surface area contributed by atoms with Gasteiger partial charge in [0.2, 0.25) is 0 Å². The average molecular weight is 965 g/mol. The molecule has 4 heteroatoms. The molecule has 0 amide bonds. The van der Waals surface area contributed by atoms with Gasteiger partial charge in [0.05, 0.1) is 17.0 Å². The topological polar surface area (TPSA) is 19.6 Å². The highest BCUT2D eigenvalue weighted by Crippen LogP contribution is 2.57. The summed E-state index contributed by atoms with van der Waals surface area (Å²) in [5.74, 6) is 0. The standard InChI is InChI=1S/C69H81BN2O/c1-40-32-56-60-57(33-40)72(54-38-51-49(66(11,12)28-30-68(51,15)16)36-45(54)59-41(2)20-19-21-42(59)3)55-39-52-50(67(13,14)29-31-69(52,17)18)37-53(55)70(60)62-61(46-34-43(63(4,5)6)22-25-58(46)73-62)71(56)44-23-24-47-48(35-44)65(9,10)27-26-64(47,7)8/h19-25,32-39H,26-31H2,1-18H3. The number of nitrogens with zero attached hydrogens (tertiary/aromatic N) is 2. The molecule has 0 atom stereocenters. The number of furan rings is 1. The maximum Gasteiger partial charge on any atom is 0.297 e. The van der Waals surface area contributed by atoms with Gasteiger partial charge in [-0.05, 0) is 224 Å². The number of hydrogen-bond acceptors (Lipinski definition) is 3. The molecule has 6 aromatic carbocycles. The second-order valence-electron chi connectivity index (χ2n) is 28.8. The Morgan fingerprint density at radius 2 is 0.973 bits per heavy atom. The molecule has 376 valence electrons. The number of fused-ring (bicyclic) bond motifs is 9. The Morgan fingerprint density at radius 1 is 0.479 bits per heavy atom. The summed E-state index contributed by atoms with van der Waals surface area (Å²) < 4.78 is 7.60. The van der Waals surface area contributed by atoms with E-state index in [1.165, 1.54) is 130 Å². The van der Waals surface area contributed by atoms with Crippen LogP contribution in [0, 0.1) is 20.8 Å². The average Bonchev–Trinajstić information content (AvgIpc) is 3.68. The van der Waals surface area contributed by atoms with Gasteiger partial charge in [-0.3, -0.25) is 0 Å². The second kappa shape index (κ2) is 15.3. The Hall–Kier alpha value is -5.48. The third-order valence-corrected chi connectivity index (χ3v) is 19.7. The van der Waals surface area contributed by atoms with Gasteiger partial charge in [-0.1, -0.05) is 140 Å². The monoisotopic (exact) mass is 965 g/mol. The van der Waals surface area contributed by atoms with Gasteiger partial charge >= 0.3 is 0 Å². The molecule has 0 unspecified atom stereocenters. The first-order valence-corrected chi connectivity index (χ1v) is 27.9. The highest BCUT2D eigenvalue weighted by molar-refractivity contribution is 7.00. The number of anilines is 6. The zero-order valence-electron chi connectivity index (χ0n) is 47.8. The van der Waals surface area contributed by atoms with Crippen LogP contribution in [0.25, 0.3) is 22.1 Å². The molecule has 2 aliphatic heterocycles. The minimum Gasteiger partial charge on any atom is -0.468 e. The van der Waals surface area contributed by atoms with Crippen LogP contribution in [0.5, 0.6) is 0 Å². The van der Waals surface area contributed by atoms with Crippen LogP contribution in [0.4, 0.5) is 34.1 Å². The number of rotatable bonds is 3. The molecule has 0 fully saturated rings. The van der Waals surface area contributed by atoms with Crippen molar-refractivity contribution in [2.24, 2.45) is 0 Å². The lowest BCUT2D eigenvalue weighted by molar-refractivity contribution is 0.332. The fraction of sp³-hybridized carbons (Fsp3) is 0.449. The Balaban J connectivity index is 1.25. The summed E-state index contributed by atoms with van der Waals surface area (Å²) in [7, 11) is 0. The largest absolute Gasteiger partial charge is 0.468 e. The lowest BCUT2D eigenvalue weighted by atomic mass is 9.35. The molecular formula is C69H81BN2O. The van der Waals surface area contributed by atoms with Crippen LogP contribution in [-0.4, -0.2) is 6.71 Å². The van der Waals surface area contributed by atoms with Crippen molar-refractivity contribution in [3.05, 3.63) is 147 Å². The zero-order chi connectivity index (χ0) is 52.1. The highest BCUT2D eigenvalue weighted by Gasteiger charge is 2.50. The van der Waals surface area contributed by atoms with E-state index in [0.717, 1.165) is 36.9 Å². The predicted octanol–water partition coefficient (Wildman–Crippen LogP) is 17.5. The third-order valence-electron chi connectivity index (χ3n) is 19.7. The highest BCUT2D eigenvalue weighted by atomic mass is 16.3. The Kier molecular flexibility index (Phi) is 10.2. The SMILES string of the molecule is Cc1cc2c3c(c1)N(c1ccc4c(c1)C(C)(C)CCC4(C)C)c1c(oc4ccc(C(C)(C)C)cc14)B3c1cc3c(cc1N2c1cc2c(cc1-c1c(C)cccc1C)C(C)(C)CCC2(C)C)C(C)(C)CCC3(C)C. The van der Waals surface area contributed by atoms with E-state index in [2.05, 4.69) is 225 Å².